The van der Waals surface area contributed by atoms with Crippen LogP contribution in [0.2, 0.25) is 5.02 Å². The molecule has 0 heterocycles. The molecule has 0 amide bonds. The molecule has 84 valence electrons. The summed E-state index contributed by atoms with van der Waals surface area (Å²) >= 11 is 11.0. The first-order valence-electron chi connectivity index (χ1n) is 3.89. The third kappa shape index (κ3) is 2.69. The van der Waals surface area contributed by atoms with E-state index in [-0.39, 0.29) is 22.2 Å². The number of benzene rings is 1. The summed E-state index contributed by atoms with van der Waals surface area (Å²) in [6.45, 7) is 0. The highest BCUT2D eigenvalue weighted by Gasteiger charge is 2.34. The van der Waals surface area contributed by atoms with E-state index in [9.17, 15) is 13.2 Å². The molecule has 0 radical (unpaired) electrons. The van der Waals surface area contributed by atoms with Crippen LogP contribution in [-0.2, 0) is 12.1 Å². The second-order valence-electron chi connectivity index (χ2n) is 2.78. The van der Waals surface area contributed by atoms with Gasteiger partial charge in [0.1, 0.15) is 5.75 Å². The monoisotopic (exact) mass is 258 g/mol. The van der Waals surface area contributed by atoms with Crippen molar-refractivity contribution >= 4 is 23.2 Å². The third-order valence-corrected chi connectivity index (χ3v) is 2.54. The topological polar surface area (TPSA) is 9.23 Å². The Balaban J connectivity index is 3.37. The zero-order valence-electron chi connectivity index (χ0n) is 7.66. The number of ether oxygens (including phenoxy) is 1. The van der Waals surface area contributed by atoms with Gasteiger partial charge in [-0.1, -0.05) is 11.6 Å². The standard InChI is InChI=1S/C9H7Cl2F3O/c1-15-6-2-5(4-10)8(11)7(3-6)9(12,13)14/h2-3H,4H2,1H3. The van der Waals surface area contributed by atoms with Gasteiger partial charge in [0, 0.05) is 5.88 Å². The van der Waals surface area contributed by atoms with Gasteiger partial charge in [-0.15, -0.1) is 11.6 Å². The second-order valence-corrected chi connectivity index (χ2v) is 3.42. The van der Waals surface area contributed by atoms with Crippen molar-refractivity contribution in [1.82, 2.24) is 0 Å². The molecule has 1 nitrogen and oxygen atoms in total. The van der Waals surface area contributed by atoms with E-state index in [1.807, 2.05) is 0 Å². The van der Waals surface area contributed by atoms with Gasteiger partial charge in [-0.05, 0) is 17.7 Å². The van der Waals surface area contributed by atoms with Crippen molar-refractivity contribution in [1.29, 1.82) is 0 Å². The Hall–Kier alpha value is -0.610. The highest BCUT2D eigenvalue weighted by atomic mass is 35.5. The van der Waals surface area contributed by atoms with Gasteiger partial charge in [0.25, 0.3) is 0 Å². The van der Waals surface area contributed by atoms with Crippen molar-refractivity contribution in [2.24, 2.45) is 0 Å². The van der Waals surface area contributed by atoms with E-state index in [4.69, 9.17) is 27.9 Å². The molecule has 0 aliphatic heterocycles. The molecule has 1 rings (SSSR count). The van der Waals surface area contributed by atoms with Gasteiger partial charge in [0.15, 0.2) is 0 Å². The first-order chi connectivity index (χ1) is 6.90. The lowest BCUT2D eigenvalue weighted by Crippen LogP contribution is -2.07. The van der Waals surface area contributed by atoms with Crippen LogP contribution in [0.5, 0.6) is 5.75 Å². The number of rotatable bonds is 2. The third-order valence-electron chi connectivity index (χ3n) is 1.81. The minimum absolute atomic E-state index is 0.0855. The average Bonchev–Trinajstić information content (AvgIpc) is 2.16. The maximum absolute atomic E-state index is 12.5. The molecule has 0 aromatic heterocycles. The van der Waals surface area contributed by atoms with Crippen molar-refractivity contribution in [3.05, 3.63) is 28.3 Å². The van der Waals surface area contributed by atoms with E-state index < -0.39 is 11.7 Å². The largest absolute Gasteiger partial charge is 0.497 e. The van der Waals surface area contributed by atoms with Gasteiger partial charge in [-0.2, -0.15) is 13.2 Å². The van der Waals surface area contributed by atoms with E-state index in [0.717, 1.165) is 6.07 Å². The highest BCUT2D eigenvalue weighted by Crippen LogP contribution is 2.39. The van der Waals surface area contributed by atoms with Crippen LogP contribution in [0, 0.1) is 0 Å². The Bertz CT molecular complexity index is 363. The lowest BCUT2D eigenvalue weighted by atomic mass is 10.1. The molecule has 0 atom stereocenters. The molecule has 0 spiro atoms. The minimum Gasteiger partial charge on any atom is -0.497 e. The fourth-order valence-corrected chi connectivity index (χ4v) is 1.64. The molecule has 0 aliphatic carbocycles. The molecule has 0 N–H and O–H groups in total. The van der Waals surface area contributed by atoms with Crippen molar-refractivity contribution < 1.29 is 17.9 Å². The number of hydrogen-bond donors (Lipinski definition) is 0. The molecular weight excluding hydrogens is 252 g/mol. The Morgan fingerprint density at radius 2 is 1.93 bits per heavy atom. The first kappa shape index (κ1) is 12.5. The lowest BCUT2D eigenvalue weighted by Gasteiger charge is -2.13. The van der Waals surface area contributed by atoms with Gasteiger partial charge < -0.3 is 4.74 Å². The molecule has 15 heavy (non-hydrogen) atoms. The van der Waals surface area contributed by atoms with E-state index in [1.165, 1.54) is 13.2 Å². The van der Waals surface area contributed by atoms with Gasteiger partial charge in [0.05, 0.1) is 17.7 Å². The molecule has 0 saturated heterocycles. The highest BCUT2D eigenvalue weighted by molar-refractivity contribution is 6.33. The van der Waals surface area contributed by atoms with Crippen molar-refractivity contribution in [2.45, 2.75) is 12.1 Å². The van der Waals surface area contributed by atoms with E-state index in [2.05, 4.69) is 0 Å². The smallest absolute Gasteiger partial charge is 0.417 e. The predicted molar refractivity (Wildman–Crippen MR) is 52.6 cm³/mol. The Labute approximate surface area is 94.7 Å². The molecule has 6 heteroatoms. The Morgan fingerprint density at radius 3 is 2.33 bits per heavy atom. The van der Waals surface area contributed by atoms with Gasteiger partial charge >= 0.3 is 6.18 Å². The summed E-state index contributed by atoms with van der Waals surface area (Å²) in [7, 11) is 1.28. The number of hydrogen-bond acceptors (Lipinski definition) is 1. The second kappa shape index (κ2) is 4.49. The molecule has 0 fully saturated rings. The Kier molecular flexibility index (Phi) is 3.73. The summed E-state index contributed by atoms with van der Waals surface area (Å²) in [6.07, 6.45) is -4.51. The average molecular weight is 259 g/mol. The summed E-state index contributed by atoms with van der Waals surface area (Å²) in [6, 6.07) is 2.23. The van der Waals surface area contributed by atoms with E-state index >= 15 is 0 Å². The van der Waals surface area contributed by atoms with Gasteiger partial charge in [-0.3, -0.25) is 0 Å². The lowest BCUT2D eigenvalue weighted by molar-refractivity contribution is -0.137. The minimum atomic E-state index is -4.51. The van der Waals surface area contributed by atoms with Crippen LogP contribution >= 0.6 is 23.2 Å². The zero-order valence-corrected chi connectivity index (χ0v) is 9.17. The van der Waals surface area contributed by atoms with E-state index in [0.29, 0.717) is 0 Å². The van der Waals surface area contributed by atoms with Crippen LogP contribution in [0.15, 0.2) is 12.1 Å². The van der Waals surface area contributed by atoms with Crippen LogP contribution in [-0.4, -0.2) is 7.11 Å². The number of methoxy groups -OCH3 is 1. The van der Waals surface area contributed by atoms with Crippen molar-refractivity contribution in [3.63, 3.8) is 0 Å². The summed E-state index contributed by atoms with van der Waals surface area (Å²) in [5, 5.41) is -0.377. The molecular formula is C9H7Cl2F3O. The molecule has 0 aliphatic rings. The van der Waals surface area contributed by atoms with Crippen LogP contribution in [0.3, 0.4) is 0 Å². The van der Waals surface area contributed by atoms with Gasteiger partial charge in [0.2, 0.25) is 0 Å². The summed E-state index contributed by atoms with van der Waals surface area (Å²) < 4.78 is 42.2. The summed E-state index contributed by atoms with van der Waals surface area (Å²) in [5.74, 6) is -0.0126. The van der Waals surface area contributed by atoms with E-state index in [1.54, 1.807) is 0 Å². The van der Waals surface area contributed by atoms with Crippen LogP contribution in [0.25, 0.3) is 0 Å². The van der Waals surface area contributed by atoms with Crippen LogP contribution < -0.4 is 4.74 Å². The van der Waals surface area contributed by atoms with Crippen molar-refractivity contribution in [3.8, 4) is 5.75 Å². The fourth-order valence-electron chi connectivity index (χ4n) is 1.08. The van der Waals surface area contributed by atoms with Crippen molar-refractivity contribution in [2.75, 3.05) is 7.11 Å². The molecule has 0 saturated carbocycles. The molecule has 0 unspecified atom stereocenters. The predicted octanol–water partition coefficient (Wildman–Crippen LogP) is 4.11. The van der Waals surface area contributed by atoms with Crippen LogP contribution in [0.4, 0.5) is 13.2 Å². The summed E-state index contributed by atoms with van der Waals surface area (Å²) in [5.41, 5.74) is -0.732. The SMILES string of the molecule is COc1cc(CCl)c(Cl)c(C(F)(F)F)c1. The molecule has 1 aromatic rings. The maximum Gasteiger partial charge on any atom is 0.417 e. The Morgan fingerprint density at radius 1 is 1.33 bits per heavy atom. The summed E-state index contributed by atoms with van der Waals surface area (Å²) in [4.78, 5) is 0. The first-order valence-corrected chi connectivity index (χ1v) is 4.81. The molecule has 0 bridgehead atoms. The number of halogens is 5. The number of alkyl halides is 4. The zero-order chi connectivity index (χ0) is 11.6. The molecule has 1 aromatic carbocycles. The quantitative estimate of drug-likeness (QED) is 0.726. The van der Waals surface area contributed by atoms with Gasteiger partial charge in [-0.25, -0.2) is 0 Å². The maximum atomic E-state index is 12.5. The normalized spacial score (nSPS) is 11.6. The fraction of sp³-hybridized carbons (Fsp3) is 0.333. The van der Waals surface area contributed by atoms with Crippen LogP contribution in [0.1, 0.15) is 11.1 Å².